The van der Waals surface area contributed by atoms with Gasteiger partial charge in [0, 0.05) is 25.8 Å². The SMILES string of the molecule is CCCC1CC1NC(=O)C1(CN)CCOCC1.Cl. The van der Waals surface area contributed by atoms with Gasteiger partial charge in [-0.3, -0.25) is 4.79 Å². The van der Waals surface area contributed by atoms with Crippen molar-refractivity contribution in [1.82, 2.24) is 5.32 Å². The summed E-state index contributed by atoms with van der Waals surface area (Å²) >= 11 is 0. The molecule has 106 valence electrons. The van der Waals surface area contributed by atoms with Gasteiger partial charge in [0.2, 0.25) is 5.91 Å². The van der Waals surface area contributed by atoms with Crippen LogP contribution < -0.4 is 11.1 Å². The first kappa shape index (κ1) is 15.7. The summed E-state index contributed by atoms with van der Waals surface area (Å²) in [7, 11) is 0. The van der Waals surface area contributed by atoms with Crippen molar-refractivity contribution in [2.45, 2.75) is 45.1 Å². The molecule has 4 nitrogen and oxygen atoms in total. The van der Waals surface area contributed by atoms with Crippen molar-refractivity contribution in [3.05, 3.63) is 0 Å². The highest BCUT2D eigenvalue weighted by Crippen LogP contribution is 2.37. The molecule has 0 aromatic heterocycles. The molecule has 2 rings (SSSR count). The first-order chi connectivity index (χ1) is 8.22. The lowest BCUT2D eigenvalue weighted by atomic mass is 9.79. The van der Waals surface area contributed by atoms with Gasteiger partial charge in [-0.25, -0.2) is 0 Å². The Balaban J connectivity index is 0.00000162. The van der Waals surface area contributed by atoms with Crippen LogP contribution in [0, 0.1) is 11.3 Å². The first-order valence-electron chi connectivity index (χ1n) is 6.80. The van der Waals surface area contributed by atoms with Crippen LogP contribution >= 0.6 is 12.4 Å². The van der Waals surface area contributed by atoms with E-state index in [0.717, 1.165) is 19.3 Å². The van der Waals surface area contributed by atoms with Crippen LogP contribution in [-0.2, 0) is 9.53 Å². The topological polar surface area (TPSA) is 64.4 Å². The van der Waals surface area contributed by atoms with Crippen LogP contribution in [0.4, 0.5) is 0 Å². The maximum atomic E-state index is 12.3. The van der Waals surface area contributed by atoms with Gasteiger partial charge in [0.25, 0.3) is 0 Å². The van der Waals surface area contributed by atoms with Gasteiger partial charge in [-0.1, -0.05) is 13.3 Å². The van der Waals surface area contributed by atoms with Crippen LogP contribution in [0.3, 0.4) is 0 Å². The lowest BCUT2D eigenvalue weighted by molar-refractivity contribution is -0.136. The van der Waals surface area contributed by atoms with Crippen LogP contribution in [0.5, 0.6) is 0 Å². The van der Waals surface area contributed by atoms with Gasteiger partial charge in [0.05, 0.1) is 5.41 Å². The predicted octanol–water partition coefficient (Wildman–Crippen LogP) is 1.47. The molecule has 18 heavy (non-hydrogen) atoms. The highest BCUT2D eigenvalue weighted by molar-refractivity contribution is 5.85. The minimum absolute atomic E-state index is 0. The van der Waals surface area contributed by atoms with Crippen LogP contribution in [0.2, 0.25) is 0 Å². The van der Waals surface area contributed by atoms with E-state index in [1.807, 2.05) is 0 Å². The third-order valence-electron chi connectivity index (χ3n) is 4.22. The highest BCUT2D eigenvalue weighted by atomic mass is 35.5. The second-order valence-corrected chi connectivity index (χ2v) is 5.46. The molecule has 3 N–H and O–H groups in total. The molecular formula is C13H25ClN2O2. The van der Waals surface area contributed by atoms with Crippen LogP contribution in [0.25, 0.3) is 0 Å². The fraction of sp³-hybridized carbons (Fsp3) is 0.923. The summed E-state index contributed by atoms with van der Waals surface area (Å²) in [5.74, 6) is 0.866. The number of rotatable bonds is 5. The fourth-order valence-corrected chi connectivity index (χ4v) is 2.72. The van der Waals surface area contributed by atoms with E-state index in [4.69, 9.17) is 10.5 Å². The smallest absolute Gasteiger partial charge is 0.227 e. The molecule has 0 bridgehead atoms. The van der Waals surface area contributed by atoms with E-state index in [2.05, 4.69) is 12.2 Å². The Morgan fingerprint density at radius 3 is 2.67 bits per heavy atom. The van der Waals surface area contributed by atoms with E-state index in [-0.39, 0.29) is 23.7 Å². The lowest BCUT2D eigenvalue weighted by Gasteiger charge is -2.34. The van der Waals surface area contributed by atoms with Gasteiger partial charge in [-0.15, -0.1) is 12.4 Å². The quantitative estimate of drug-likeness (QED) is 0.799. The largest absolute Gasteiger partial charge is 0.381 e. The summed E-state index contributed by atoms with van der Waals surface area (Å²) in [6.45, 7) is 3.95. The number of hydrogen-bond acceptors (Lipinski definition) is 3. The Morgan fingerprint density at radius 1 is 1.44 bits per heavy atom. The Kier molecular flexibility index (Phi) is 5.89. The van der Waals surface area contributed by atoms with Gasteiger partial charge < -0.3 is 15.8 Å². The predicted molar refractivity (Wildman–Crippen MR) is 73.7 cm³/mol. The van der Waals surface area contributed by atoms with Gasteiger partial charge in [-0.2, -0.15) is 0 Å². The number of hydrogen-bond donors (Lipinski definition) is 2. The van der Waals surface area contributed by atoms with Gasteiger partial charge in [-0.05, 0) is 31.6 Å². The Bertz CT molecular complexity index is 280. The van der Waals surface area contributed by atoms with Crippen LogP contribution in [0.1, 0.15) is 39.0 Å². The van der Waals surface area contributed by atoms with Gasteiger partial charge in [0.15, 0.2) is 0 Å². The van der Waals surface area contributed by atoms with E-state index < -0.39 is 0 Å². The Labute approximate surface area is 115 Å². The van der Waals surface area contributed by atoms with Gasteiger partial charge in [0.1, 0.15) is 0 Å². The zero-order valence-electron chi connectivity index (χ0n) is 11.1. The molecule has 2 aliphatic rings. The number of nitrogens with one attached hydrogen (secondary N) is 1. The maximum Gasteiger partial charge on any atom is 0.227 e. The normalized spacial score (nSPS) is 29.2. The van der Waals surface area contributed by atoms with E-state index >= 15 is 0 Å². The number of carbonyl (C=O) groups is 1. The number of ether oxygens (including phenoxy) is 1. The number of carbonyl (C=O) groups excluding carboxylic acids is 1. The molecule has 1 aliphatic heterocycles. The van der Waals surface area contributed by atoms with E-state index in [0.29, 0.717) is 31.7 Å². The molecule has 1 saturated carbocycles. The van der Waals surface area contributed by atoms with Crippen molar-refractivity contribution in [3.8, 4) is 0 Å². The molecule has 2 fully saturated rings. The average Bonchev–Trinajstić information content (AvgIpc) is 3.08. The maximum absolute atomic E-state index is 12.3. The van der Waals surface area contributed by atoms with Crippen molar-refractivity contribution in [2.24, 2.45) is 17.1 Å². The fourth-order valence-electron chi connectivity index (χ4n) is 2.72. The molecular weight excluding hydrogens is 252 g/mol. The Hall–Kier alpha value is -0.320. The number of halogens is 1. The van der Waals surface area contributed by atoms with Crippen LogP contribution in [0.15, 0.2) is 0 Å². The molecule has 2 unspecified atom stereocenters. The summed E-state index contributed by atoms with van der Waals surface area (Å²) in [6.07, 6.45) is 5.11. The van der Waals surface area contributed by atoms with Crippen molar-refractivity contribution >= 4 is 18.3 Å². The van der Waals surface area contributed by atoms with Crippen molar-refractivity contribution in [3.63, 3.8) is 0 Å². The van der Waals surface area contributed by atoms with Crippen LogP contribution in [-0.4, -0.2) is 31.7 Å². The molecule has 1 aliphatic carbocycles. The third-order valence-corrected chi connectivity index (χ3v) is 4.22. The summed E-state index contributed by atoms with van der Waals surface area (Å²) in [5, 5.41) is 3.18. The molecule has 1 heterocycles. The molecule has 0 aromatic rings. The minimum Gasteiger partial charge on any atom is -0.381 e. The summed E-state index contributed by atoms with van der Waals surface area (Å²) in [5.41, 5.74) is 5.45. The third kappa shape index (κ3) is 3.37. The zero-order chi connectivity index (χ0) is 12.3. The first-order valence-corrected chi connectivity index (χ1v) is 6.80. The zero-order valence-corrected chi connectivity index (χ0v) is 11.9. The summed E-state index contributed by atoms with van der Waals surface area (Å²) in [4.78, 5) is 12.3. The monoisotopic (exact) mass is 276 g/mol. The summed E-state index contributed by atoms with van der Waals surface area (Å²) in [6, 6.07) is 0.411. The van der Waals surface area contributed by atoms with Gasteiger partial charge >= 0.3 is 0 Å². The Morgan fingerprint density at radius 2 is 2.11 bits per heavy atom. The molecule has 5 heteroatoms. The van der Waals surface area contributed by atoms with E-state index in [1.165, 1.54) is 12.8 Å². The highest BCUT2D eigenvalue weighted by Gasteiger charge is 2.44. The van der Waals surface area contributed by atoms with Crippen molar-refractivity contribution < 1.29 is 9.53 Å². The second-order valence-electron chi connectivity index (χ2n) is 5.46. The summed E-state index contributed by atoms with van der Waals surface area (Å²) < 4.78 is 5.32. The van der Waals surface area contributed by atoms with Crippen molar-refractivity contribution in [2.75, 3.05) is 19.8 Å². The molecule has 0 aromatic carbocycles. The molecule has 1 amide bonds. The molecule has 0 radical (unpaired) electrons. The molecule has 0 spiro atoms. The lowest BCUT2D eigenvalue weighted by Crippen LogP contribution is -2.50. The molecule has 1 saturated heterocycles. The number of nitrogens with two attached hydrogens (primary N) is 1. The minimum atomic E-state index is -0.363. The van der Waals surface area contributed by atoms with E-state index in [1.54, 1.807) is 0 Å². The second kappa shape index (κ2) is 6.73. The van der Waals surface area contributed by atoms with E-state index in [9.17, 15) is 4.79 Å². The standard InChI is InChI=1S/C13H24N2O2.ClH/c1-2-3-10-8-11(10)15-12(16)13(9-14)4-6-17-7-5-13;/h10-11H,2-9,14H2,1H3,(H,15,16);1H. The number of amides is 1. The van der Waals surface area contributed by atoms with Crippen molar-refractivity contribution in [1.29, 1.82) is 0 Å². The molecule has 2 atom stereocenters. The average molecular weight is 277 g/mol.